The van der Waals surface area contributed by atoms with Gasteiger partial charge in [0.25, 0.3) is 5.91 Å². The summed E-state index contributed by atoms with van der Waals surface area (Å²) in [6.45, 7) is 9.07. The molecule has 5 rings (SSSR count). The van der Waals surface area contributed by atoms with Gasteiger partial charge in [0.15, 0.2) is 11.3 Å². The Balaban J connectivity index is 1.42. The number of carbonyl (C=O) groups is 1. The van der Waals surface area contributed by atoms with Gasteiger partial charge in [0.2, 0.25) is 0 Å². The van der Waals surface area contributed by atoms with E-state index < -0.39 is 0 Å². The SMILES string of the molecule is Cc1cc(-c2[nH]nc(C(=O)N3CCN(c4ccncc4)CC3)c2C(C)C)cn2ncnc12. The quantitative estimate of drug-likeness (QED) is 0.535. The van der Waals surface area contributed by atoms with Gasteiger partial charge in [0.05, 0.1) is 5.69 Å². The smallest absolute Gasteiger partial charge is 0.274 e. The number of rotatable bonds is 4. The number of fused-ring (bicyclic) bond motifs is 1. The van der Waals surface area contributed by atoms with Crippen molar-refractivity contribution in [3.8, 4) is 11.3 Å². The highest BCUT2D eigenvalue weighted by Crippen LogP contribution is 2.32. The molecule has 0 atom stereocenters. The summed E-state index contributed by atoms with van der Waals surface area (Å²) in [6, 6.07) is 6.07. The molecule has 32 heavy (non-hydrogen) atoms. The summed E-state index contributed by atoms with van der Waals surface area (Å²) in [5, 5.41) is 11.9. The number of piperazine rings is 1. The number of aromatic nitrogens is 6. The number of nitrogens with one attached hydrogen (secondary N) is 1. The van der Waals surface area contributed by atoms with Gasteiger partial charge >= 0.3 is 0 Å². The molecule has 9 nitrogen and oxygen atoms in total. The summed E-state index contributed by atoms with van der Waals surface area (Å²) in [6.07, 6.45) is 7.07. The van der Waals surface area contributed by atoms with E-state index in [4.69, 9.17) is 0 Å². The Labute approximate surface area is 186 Å². The topological polar surface area (TPSA) is 95.3 Å². The van der Waals surface area contributed by atoms with Gasteiger partial charge in [0, 0.05) is 61.6 Å². The fraction of sp³-hybridized carbons (Fsp3) is 0.348. The number of anilines is 1. The zero-order chi connectivity index (χ0) is 22.2. The lowest BCUT2D eigenvalue weighted by Crippen LogP contribution is -2.49. The maximum absolute atomic E-state index is 13.4. The summed E-state index contributed by atoms with van der Waals surface area (Å²) in [4.78, 5) is 26.0. The Morgan fingerprint density at radius 2 is 1.88 bits per heavy atom. The third-order valence-corrected chi connectivity index (χ3v) is 6.03. The highest BCUT2D eigenvalue weighted by molar-refractivity contribution is 5.96. The normalized spacial score (nSPS) is 14.5. The van der Waals surface area contributed by atoms with E-state index in [0.717, 1.165) is 46.8 Å². The van der Waals surface area contributed by atoms with Crippen LogP contribution in [0.3, 0.4) is 0 Å². The number of hydrogen-bond acceptors (Lipinski definition) is 6. The predicted octanol–water partition coefficient (Wildman–Crippen LogP) is 2.91. The third-order valence-electron chi connectivity index (χ3n) is 6.03. The fourth-order valence-electron chi connectivity index (χ4n) is 4.40. The van der Waals surface area contributed by atoms with E-state index in [9.17, 15) is 4.79 Å². The molecule has 1 aliphatic rings. The molecule has 4 aromatic heterocycles. The Hall–Kier alpha value is -3.75. The molecule has 5 heterocycles. The van der Waals surface area contributed by atoms with Crippen molar-refractivity contribution in [2.45, 2.75) is 26.7 Å². The number of amides is 1. The minimum Gasteiger partial charge on any atom is -0.368 e. The molecule has 1 amide bonds. The van der Waals surface area contributed by atoms with Crippen molar-refractivity contribution in [3.05, 3.63) is 59.9 Å². The van der Waals surface area contributed by atoms with E-state index in [-0.39, 0.29) is 11.8 Å². The van der Waals surface area contributed by atoms with Crippen molar-refractivity contribution < 1.29 is 4.79 Å². The number of nitrogens with zero attached hydrogens (tertiary/aromatic N) is 7. The third kappa shape index (κ3) is 3.49. The minimum atomic E-state index is -0.0239. The van der Waals surface area contributed by atoms with E-state index in [1.54, 1.807) is 23.2 Å². The molecule has 1 fully saturated rings. The van der Waals surface area contributed by atoms with Crippen molar-refractivity contribution >= 4 is 17.2 Å². The second kappa shape index (κ2) is 8.07. The van der Waals surface area contributed by atoms with Crippen LogP contribution in [0.25, 0.3) is 16.9 Å². The molecule has 164 valence electrons. The number of aromatic amines is 1. The molecular weight excluding hydrogens is 404 g/mol. The maximum Gasteiger partial charge on any atom is 0.274 e. The molecule has 1 saturated heterocycles. The Morgan fingerprint density at radius 3 is 2.59 bits per heavy atom. The molecule has 0 radical (unpaired) electrons. The molecule has 1 N–H and O–H groups in total. The van der Waals surface area contributed by atoms with Crippen molar-refractivity contribution in [2.75, 3.05) is 31.1 Å². The predicted molar refractivity (Wildman–Crippen MR) is 122 cm³/mol. The molecular formula is C23H26N8O. The molecule has 0 aromatic carbocycles. The van der Waals surface area contributed by atoms with E-state index >= 15 is 0 Å². The molecule has 9 heteroatoms. The van der Waals surface area contributed by atoms with Gasteiger partial charge in [-0.25, -0.2) is 9.50 Å². The highest BCUT2D eigenvalue weighted by atomic mass is 16.2. The Morgan fingerprint density at radius 1 is 1.12 bits per heavy atom. The second-order valence-electron chi connectivity index (χ2n) is 8.44. The lowest BCUT2D eigenvalue weighted by Gasteiger charge is -2.36. The van der Waals surface area contributed by atoms with Crippen LogP contribution in [-0.2, 0) is 0 Å². The molecule has 0 spiro atoms. The van der Waals surface area contributed by atoms with Crippen LogP contribution in [-0.4, -0.2) is 66.8 Å². The molecule has 0 unspecified atom stereocenters. The van der Waals surface area contributed by atoms with Crippen molar-refractivity contribution in [3.63, 3.8) is 0 Å². The lowest BCUT2D eigenvalue weighted by molar-refractivity contribution is 0.0739. The fourth-order valence-corrected chi connectivity index (χ4v) is 4.40. The van der Waals surface area contributed by atoms with Crippen molar-refractivity contribution in [1.82, 2.24) is 34.7 Å². The van der Waals surface area contributed by atoms with Crippen LogP contribution in [0.5, 0.6) is 0 Å². The number of hydrogen-bond donors (Lipinski definition) is 1. The Kier molecular flexibility index (Phi) is 5.08. The van der Waals surface area contributed by atoms with Gasteiger partial charge < -0.3 is 9.80 Å². The van der Waals surface area contributed by atoms with Crippen LogP contribution in [0.15, 0.2) is 43.1 Å². The highest BCUT2D eigenvalue weighted by Gasteiger charge is 2.29. The van der Waals surface area contributed by atoms with Gasteiger partial charge in [-0.3, -0.25) is 14.9 Å². The monoisotopic (exact) mass is 430 g/mol. The van der Waals surface area contributed by atoms with Crippen LogP contribution in [0.1, 0.15) is 41.4 Å². The lowest BCUT2D eigenvalue weighted by atomic mass is 9.96. The minimum absolute atomic E-state index is 0.0239. The second-order valence-corrected chi connectivity index (χ2v) is 8.44. The van der Waals surface area contributed by atoms with E-state index in [0.29, 0.717) is 18.8 Å². The zero-order valence-corrected chi connectivity index (χ0v) is 18.5. The largest absolute Gasteiger partial charge is 0.368 e. The zero-order valence-electron chi connectivity index (χ0n) is 18.5. The molecule has 0 aliphatic carbocycles. The summed E-state index contributed by atoms with van der Waals surface area (Å²) in [5.74, 6) is 0.108. The molecule has 0 saturated carbocycles. The van der Waals surface area contributed by atoms with Crippen LogP contribution >= 0.6 is 0 Å². The first-order valence-electron chi connectivity index (χ1n) is 10.9. The summed E-state index contributed by atoms with van der Waals surface area (Å²) in [7, 11) is 0. The first-order chi connectivity index (χ1) is 15.5. The summed E-state index contributed by atoms with van der Waals surface area (Å²) in [5.41, 5.74) is 6.22. The van der Waals surface area contributed by atoms with Crippen LogP contribution < -0.4 is 4.90 Å². The number of pyridine rings is 2. The number of carbonyl (C=O) groups excluding carboxylic acids is 1. The molecule has 1 aliphatic heterocycles. The Bertz CT molecular complexity index is 1250. The van der Waals surface area contributed by atoms with Crippen LogP contribution in [0, 0.1) is 6.92 Å². The van der Waals surface area contributed by atoms with Crippen LogP contribution in [0.4, 0.5) is 5.69 Å². The van der Waals surface area contributed by atoms with Gasteiger partial charge in [0.1, 0.15) is 6.33 Å². The van der Waals surface area contributed by atoms with Crippen molar-refractivity contribution in [1.29, 1.82) is 0 Å². The van der Waals surface area contributed by atoms with E-state index in [2.05, 4.69) is 50.1 Å². The number of H-pyrrole nitrogens is 1. The number of aryl methyl sites for hydroxylation is 1. The average molecular weight is 431 g/mol. The van der Waals surface area contributed by atoms with Crippen LogP contribution in [0.2, 0.25) is 0 Å². The molecule has 0 bridgehead atoms. The van der Waals surface area contributed by atoms with E-state index in [1.807, 2.05) is 30.2 Å². The standard InChI is InChI=1S/C23H26N8O/c1-15(2)19-20(17-12-16(3)22-25-14-26-31(22)13-17)27-28-21(19)23(32)30-10-8-29(9-11-30)18-4-6-24-7-5-18/h4-7,12-15H,8-11H2,1-3H3,(H,27,28). The summed E-state index contributed by atoms with van der Waals surface area (Å²) >= 11 is 0. The van der Waals surface area contributed by atoms with Gasteiger partial charge in [-0.15, -0.1) is 0 Å². The molecule has 4 aromatic rings. The summed E-state index contributed by atoms with van der Waals surface area (Å²) < 4.78 is 1.76. The van der Waals surface area contributed by atoms with E-state index in [1.165, 1.54) is 0 Å². The van der Waals surface area contributed by atoms with Gasteiger partial charge in [-0.1, -0.05) is 13.8 Å². The van der Waals surface area contributed by atoms with Gasteiger partial charge in [-0.2, -0.15) is 10.2 Å². The van der Waals surface area contributed by atoms with Gasteiger partial charge in [-0.05, 0) is 36.6 Å². The average Bonchev–Trinajstić information content (AvgIpc) is 3.47. The maximum atomic E-state index is 13.4. The first-order valence-corrected chi connectivity index (χ1v) is 10.9. The first kappa shape index (κ1) is 20.2. The van der Waals surface area contributed by atoms with Crippen molar-refractivity contribution in [2.24, 2.45) is 0 Å².